The maximum Gasteiger partial charge on any atom is 0.283 e. The van der Waals surface area contributed by atoms with Gasteiger partial charge in [0.15, 0.2) is 0 Å². The number of hydrogen-bond donors (Lipinski definition) is 1. The van der Waals surface area contributed by atoms with E-state index in [2.05, 4.69) is 63.9 Å². The molecule has 0 radical (unpaired) electrons. The minimum atomic E-state index is -0.0866. The molecule has 0 saturated heterocycles. The molecule has 0 amide bonds. The second-order valence-corrected chi connectivity index (χ2v) is 7.21. The van der Waals surface area contributed by atoms with Gasteiger partial charge in [-0.05, 0) is 57.6 Å². The molecule has 0 saturated carbocycles. The lowest BCUT2D eigenvalue weighted by atomic mass is 10.1. The lowest BCUT2D eigenvalue weighted by molar-refractivity contribution is 0.462. The summed E-state index contributed by atoms with van der Waals surface area (Å²) in [7, 11) is 0. The van der Waals surface area contributed by atoms with E-state index in [1.165, 1.54) is 10.2 Å². The highest BCUT2D eigenvalue weighted by Crippen LogP contribution is 2.19. The van der Waals surface area contributed by atoms with Crippen molar-refractivity contribution in [2.45, 2.75) is 39.8 Å². The number of hydrogen-bond acceptors (Lipinski definition) is 4. The molecule has 2 rings (SSSR count). The third-order valence-corrected chi connectivity index (χ3v) is 4.55. The number of nitrogens with zero attached hydrogens (tertiary/aromatic N) is 2. The van der Waals surface area contributed by atoms with Crippen LogP contribution in [0.25, 0.3) is 0 Å². The minimum Gasteiger partial charge on any atom is -0.380 e. The molecule has 2 aromatic heterocycles. The molecule has 1 unspecified atom stereocenters. The van der Waals surface area contributed by atoms with Gasteiger partial charge in [0, 0.05) is 12.6 Å². The fourth-order valence-corrected chi connectivity index (χ4v) is 3.22. The van der Waals surface area contributed by atoms with Crippen LogP contribution < -0.4 is 10.9 Å². The molecule has 2 heterocycles. The molecular weight excluding hydrogens is 350 g/mol. The zero-order valence-electron chi connectivity index (χ0n) is 12.5. The number of thiophene rings is 1. The van der Waals surface area contributed by atoms with Crippen LogP contribution in [-0.4, -0.2) is 15.8 Å². The van der Waals surface area contributed by atoms with E-state index in [0.29, 0.717) is 16.9 Å². The van der Waals surface area contributed by atoms with E-state index in [-0.39, 0.29) is 11.6 Å². The Hall–Kier alpha value is -1.14. The van der Waals surface area contributed by atoms with E-state index >= 15 is 0 Å². The van der Waals surface area contributed by atoms with Crippen molar-refractivity contribution in [1.29, 1.82) is 0 Å². The molecule has 0 aliphatic rings. The smallest absolute Gasteiger partial charge is 0.283 e. The van der Waals surface area contributed by atoms with Crippen molar-refractivity contribution < 1.29 is 0 Å². The van der Waals surface area contributed by atoms with Gasteiger partial charge in [-0.2, -0.15) is 16.4 Å². The fourth-order valence-electron chi connectivity index (χ4n) is 2.12. The van der Waals surface area contributed by atoms with Crippen molar-refractivity contribution in [3.05, 3.63) is 43.4 Å². The van der Waals surface area contributed by atoms with Gasteiger partial charge >= 0.3 is 0 Å². The van der Waals surface area contributed by atoms with Crippen LogP contribution in [0.4, 0.5) is 5.69 Å². The molecule has 0 fully saturated rings. The Labute approximate surface area is 137 Å². The summed E-state index contributed by atoms with van der Waals surface area (Å²) in [6.07, 6.45) is 2.64. The van der Waals surface area contributed by atoms with Crippen molar-refractivity contribution in [2.24, 2.45) is 5.92 Å². The first kappa shape index (κ1) is 16.2. The highest BCUT2D eigenvalue weighted by Gasteiger charge is 2.12. The zero-order chi connectivity index (χ0) is 15.4. The number of nitrogens with one attached hydrogen (secondary N) is 1. The average molecular weight is 370 g/mol. The summed E-state index contributed by atoms with van der Waals surface area (Å²) in [5, 5.41) is 11.8. The summed E-state index contributed by atoms with van der Waals surface area (Å²) < 4.78 is 2.05. The summed E-state index contributed by atoms with van der Waals surface area (Å²) in [5.41, 5.74) is 1.97. The molecule has 2 aromatic rings. The van der Waals surface area contributed by atoms with Gasteiger partial charge in [-0.25, -0.2) is 4.68 Å². The first-order valence-electron chi connectivity index (χ1n) is 7.00. The minimum absolute atomic E-state index is 0.0866. The third kappa shape index (κ3) is 4.41. The number of rotatable bonds is 6. The quantitative estimate of drug-likeness (QED) is 0.842. The van der Waals surface area contributed by atoms with Gasteiger partial charge < -0.3 is 5.32 Å². The normalized spacial score (nSPS) is 12.6. The predicted molar refractivity (Wildman–Crippen MR) is 92.1 cm³/mol. The second kappa shape index (κ2) is 7.22. The SMILES string of the molecule is CC(C)Cn1ncc(NC(C)Cc2ccsc2)c(Br)c1=O. The van der Waals surface area contributed by atoms with Crippen LogP contribution >= 0.6 is 27.3 Å². The van der Waals surface area contributed by atoms with Crippen molar-refractivity contribution in [3.63, 3.8) is 0 Å². The zero-order valence-corrected chi connectivity index (χ0v) is 14.9. The van der Waals surface area contributed by atoms with E-state index in [1.54, 1.807) is 17.5 Å². The van der Waals surface area contributed by atoms with Gasteiger partial charge in [-0.15, -0.1) is 0 Å². The predicted octanol–water partition coefficient (Wildman–Crippen LogP) is 3.77. The molecule has 21 heavy (non-hydrogen) atoms. The molecule has 1 atom stereocenters. The first-order valence-corrected chi connectivity index (χ1v) is 8.74. The summed E-state index contributed by atoms with van der Waals surface area (Å²) in [6.45, 7) is 6.86. The monoisotopic (exact) mass is 369 g/mol. The van der Waals surface area contributed by atoms with E-state index < -0.39 is 0 Å². The molecule has 6 heteroatoms. The van der Waals surface area contributed by atoms with Gasteiger partial charge in [0.2, 0.25) is 0 Å². The van der Waals surface area contributed by atoms with E-state index in [9.17, 15) is 4.79 Å². The maximum atomic E-state index is 12.2. The van der Waals surface area contributed by atoms with Crippen molar-refractivity contribution in [1.82, 2.24) is 9.78 Å². The second-order valence-electron chi connectivity index (χ2n) is 5.63. The van der Waals surface area contributed by atoms with E-state index in [4.69, 9.17) is 0 Å². The molecule has 0 bridgehead atoms. The van der Waals surface area contributed by atoms with Crippen LogP contribution in [0.5, 0.6) is 0 Å². The molecule has 0 spiro atoms. The van der Waals surface area contributed by atoms with Gasteiger partial charge in [0.25, 0.3) is 5.56 Å². The van der Waals surface area contributed by atoms with Crippen molar-refractivity contribution in [2.75, 3.05) is 5.32 Å². The molecule has 4 nitrogen and oxygen atoms in total. The Morgan fingerprint density at radius 1 is 1.43 bits per heavy atom. The van der Waals surface area contributed by atoms with Crippen molar-refractivity contribution in [3.8, 4) is 0 Å². The van der Waals surface area contributed by atoms with Crippen LogP contribution in [0.2, 0.25) is 0 Å². The lowest BCUT2D eigenvalue weighted by Gasteiger charge is -2.16. The first-order chi connectivity index (χ1) is 9.97. The van der Waals surface area contributed by atoms with E-state index in [1.807, 2.05) is 0 Å². The van der Waals surface area contributed by atoms with Crippen LogP contribution in [0, 0.1) is 5.92 Å². The Morgan fingerprint density at radius 2 is 2.19 bits per heavy atom. The number of anilines is 1. The Kier molecular flexibility index (Phi) is 5.58. The Balaban J connectivity index is 2.10. The average Bonchev–Trinajstić information content (AvgIpc) is 2.91. The Morgan fingerprint density at radius 3 is 2.81 bits per heavy atom. The summed E-state index contributed by atoms with van der Waals surface area (Å²) in [5.74, 6) is 0.387. The highest BCUT2D eigenvalue weighted by atomic mass is 79.9. The van der Waals surface area contributed by atoms with Crippen molar-refractivity contribution >= 4 is 33.0 Å². The van der Waals surface area contributed by atoms with Crippen LogP contribution in [0.15, 0.2) is 32.3 Å². The standard InChI is InChI=1S/C15H20BrN3OS/c1-10(2)8-19-15(20)14(16)13(7-17-19)18-11(3)6-12-4-5-21-9-12/h4-5,7,9-11,18H,6,8H2,1-3H3. The highest BCUT2D eigenvalue weighted by molar-refractivity contribution is 9.10. The molecule has 114 valence electrons. The summed E-state index contributed by atoms with van der Waals surface area (Å²) in [4.78, 5) is 12.2. The largest absolute Gasteiger partial charge is 0.380 e. The van der Waals surface area contributed by atoms with Gasteiger partial charge in [0.1, 0.15) is 4.47 Å². The van der Waals surface area contributed by atoms with Gasteiger partial charge in [-0.1, -0.05) is 13.8 Å². The Bertz CT molecular complexity index is 637. The number of aromatic nitrogens is 2. The number of halogens is 1. The molecular formula is C15H20BrN3OS. The third-order valence-electron chi connectivity index (χ3n) is 3.05. The molecule has 1 N–H and O–H groups in total. The van der Waals surface area contributed by atoms with E-state index in [0.717, 1.165) is 12.1 Å². The lowest BCUT2D eigenvalue weighted by Crippen LogP contribution is -2.28. The fraction of sp³-hybridized carbons (Fsp3) is 0.467. The summed E-state index contributed by atoms with van der Waals surface area (Å²) >= 11 is 5.09. The maximum absolute atomic E-state index is 12.2. The topological polar surface area (TPSA) is 46.9 Å². The van der Waals surface area contributed by atoms with Crippen LogP contribution in [-0.2, 0) is 13.0 Å². The van der Waals surface area contributed by atoms with Gasteiger partial charge in [-0.3, -0.25) is 4.79 Å². The van der Waals surface area contributed by atoms with Crippen LogP contribution in [0.3, 0.4) is 0 Å². The van der Waals surface area contributed by atoms with Crippen LogP contribution in [0.1, 0.15) is 26.3 Å². The molecule has 0 aliphatic heterocycles. The summed E-state index contributed by atoms with van der Waals surface area (Å²) in [6, 6.07) is 2.36. The molecule has 0 aliphatic carbocycles. The van der Waals surface area contributed by atoms with Gasteiger partial charge in [0.05, 0.1) is 11.9 Å². The molecule has 0 aromatic carbocycles.